The number of aromatic amines is 1. The molecule has 1 heterocycles. The molecule has 7 nitrogen and oxygen atoms in total. The van der Waals surface area contributed by atoms with Crippen LogP contribution in [0, 0.1) is 0 Å². The number of rotatable bonds is 7. The molecule has 1 aromatic heterocycles. The summed E-state index contributed by atoms with van der Waals surface area (Å²) in [5.74, 6) is -0.870. The minimum Gasteiger partial charge on any atom is -0.464 e. The fourth-order valence-corrected chi connectivity index (χ4v) is 3.04. The zero-order valence-corrected chi connectivity index (χ0v) is 12.9. The number of nitrogens with one attached hydrogen (secondary N) is 1. The Morgan fingerprint density at radius 2 is 2.14 bits per heavy atom. The van der Waals surface area contributed by atoms with Gasteiger partial charge in [-0.25, -0.2) is 4.79 Å². The summed E-state index contributed by atoms with van der Waals surface area (Å²) in [5, 5.41) is 14.8. The molecule has 2 N–H and O–H groups in total. The maximum absolute atomic E-state index is 12.4. The van der Waals surface area contributed by atoms with Crippen LogP contribution in [-0.2, 0) is 4.74 Å². The third-order valence-corrected chi connectivity index (χ3v) is 4.27. The number of methoxy groups -OCH3 is 1. The summed E-state index contributed by atoms with van der Waals surface area (Å²) in [7, 11) is 1.19. The van der Waals surface area contributed by atoms with E-state index in [1.807, 2.05) is 0 Å². The third kappa shape index (κ3) is 3.28. The van der Waals surface area contributed by atoms with Crippen LogP contribution in [0.2, 0.25) is 0 Å². The number of ketones is 2. The number of aliphatic hydroxyl groups is 1. The number of fused-ring (bicyclic) bond motifs is 1. The Balaban J connectivity index is 2.13. The number of nitrogens with zero attached hydrogens (tertiary/aromatic N) is 1. The highest BCUT2D eigenvalue weighted by Gasteiger charge is 2.34. The molecule has 0 radical (unpaired) electrons. The molecule has 22 heavy (non-hydrogen) atoms. The molecular formula is C14H16N2O5S. The summed E-state index contributed by atoms with van der Waals surface area (Å²) in [5.41, 5.74) is -0.158. The van der Waals surface area contributed by atoms with Gasteiger partial charge in [0, 0.05) is 12.7 Å². The number of H-pyrrole nitrogens is 1. The van der Waals surface area contributed by atoms with E-state index in [2.05, 4.69) is 14.9 Å². The van der Waals surface area contributed by atoms with Gasteiger partial charge in [-0.3, -0.25) is 14.7 Å². The van der Waals surface area contributed by atoms with Gasteiger partial charge < -0.3 is 9.84 Å². The Morgan fingerprint density at radius 1 is 1.36 bits per heavy atom. The standard InChI is InChI=1S/C14H16N2O5S/c1-21-14(20)12-10-11(15-16-12)8(18)7-9(13(10)19)22-6-4-2-3-5-17/h7,17H,2-6H2,1H3,(H,15,16). The van der Waals surface area contributed by atoms with Gasteiger partial charge in [-0.2, -0.15) is 5.10 Å². The van der Waals surface area contributed by atoms with Gasteiger partial charge in [-0.15, -0.1) is 11.8 Å². The summed E-state index contributed by atoms with van der Waals surface area (Å²) in [4.78, 5) is 36.4. The number of allylic oxidation sites excluding steroid dienone is 2. The van der Waals surface area contributed by atoms with Crippen LogP contribution < -0.4 is 0 Å². The molecule has 0 atom stereocenters. The molecule has 0 bridgehead atoms. The number of hydrogen-bond donors (Lipinski definition) is 2. The van der Waals surface area contributed by atoms with Crippen molar-refractivity contribution in [2.75, 3.05) is 19.5 Å². The van der Waals surface area contributed by atoms with Gasteiger partial charge >= 0.3 is 5.97 Å². The summed E-state index contributed by atoms with van der Waals surface area (Å²) in [6, 6.07) is 0. The molecule has 118 valence electrons. The van der Waals surface area contributed by atoms with E-state index in [1.54, 1.807) is 0 Å². The first-order valence-corrected chi connectivity index (χ1v) is 7.79. The van der Waals surface area contributed by atoms with E-state index < -0.39 is 17.5 Å². The number of carbonyl (C=O) groups excluding carboxylic acids is 3. The number of ether oxygens (including phenoxy) is 1. The van der Waals surface area contributed by atoms with Crippen molar-refractivity contribution in [1.29, 1.82) is 0 Å². The molecule has 1 aliphatic carbocycles. The highest BCUT2D eigenvalue weighted by Crippen LogP contribution is 2.30. The Labute approximate surface area is 131 Å². The predicted molar refractivity (Wildman–Crippen MR) is 80.1 cm³/mol. The maximum atomic E-state index is 12.4. The van der Waals surface area contributed by atoms with Crippen molar-refractivity contribution in [3.63, 3.8) is 0 Å². The first kappa shape index (κ1) is 16.4. The molecule has 0 fully saturated rings. The fourth-order valence-electron chi connectivity index (χ4n) is 2.05. The summed E-state index contributed by atoms with van der Waals surface area (Å²) in [6.07, 6.45) is 3.64. The summed E-state index contributed by atoms with van der Waals surface area (Å²) in [6.45, 7) is 0.144. The van der Waals surface area contributed by atoms with E-state index in [0.29, 0.717) is 17.1 Å². The normalized spacial score (nSPS) is 13.8. The number of esters is 1. The van der Waals surface area contributed by atoms with E-state index >= 15 is 0 Å². The van der Waals surface area contributed by atoms with Gasteiger partial charge in [0.25, 0.3) is 0 Å². The first-order valence-electron chi connectivity index (χ1n) is 6.81. The van der Waals surface area contributed by atoms with E-state index in [9.17, 15) is 14.4 Å². The number of Topliss-reactive ketones (excluding diaryl/α,β-unsaturated/α-hetero) is 1. The van der Waals surface area contributed by atoms with Crippen LogP contribution in [0.25, 0.3) is 0 Å². The van der Waals surface area contributed by atoms with Crippen LogP contribution >= 0.6 is 11.8 Å². The monoisotopic (exact) mass is 324 g/mol. The second-order valence-corrected chi connectivity index (χ2v) is 5.79. The number of carbonyl (C=O) groups is 3. The quantitative estimate of drug-likeness (QED) is 0.575. The molecule has 2 rings (SSSR count). The molecule has 0 aromatic carbocycles. The molecule has 0 amide bonds. The average molecular weight is 324 g/mol. The van der Waals surface area contributed by atoms with Gasteiger partial charge in [0.1, 0.15) is 5.69 Å². The zero-order chi connectivity index (χ0) is 16.1. The Hall–Kier alpha value is -1.93. The number of thioether (sulfide) groups is 1. The van der Waals surface area contributed by atoms with Crippen molar-refractivity contribution in [1.82, 2.24) is 10.2 Å². The number of aliphatic hydroxyl groups excluding tert-OH is 1. The SMILES string of the molecule is COC(=O)c1[nH]nc2c1C(=O)C(SCCCCCO)=CC2=O. The van der Waals surface area contributed by atoms with Crippen LogP contribution in [0.3, 0.4) is 0 Å². The maximum Gasteiger partial charge on any atom is 0.356 e. The molecule has 8 heteroatoms. The highest BCUT2D eigenvalue weighted by molar-refractivity contribution is 8.04. The lowest BCUT2D eigenvalue weighted by atomic mass is 9.99. The number of hydrogen-bond acceptors (Lipinski definition) is 7. The van der Waals surface area contributed by atoms with E-state index in [0.717, 1.165) is 12.8 Å². The molecule has 1 aromatic rings. The van der Waals surface area contributed by atoms with Crippen molar-refractivity contribution >= 4 is 29.3 Å². The molecule has 1 aliphatic rings. The average Bonchev–Trinajstić information content (AvgIpc) is 2.96. The first-order chi connectivity index (χ1) is 10.6. The van der Waals surface area contributed by atoms with E-state index in [1.165, 1.54) is 24.9 Å². The van der Waals surface area contributed by atoms with Gasteiger partial charge in [0.05, 0.1) is 17.6 Å². The van der Waals surface area contributed by atoms with Crippen molar-refractivity contribution in [2.24, 2.45) is 0 Å². The summed E-state index contributed by atoms with van der Waals surface area (Å²) < 4.78 is 4.58. The predicted octanol–water partition coefficient (Wildman–Crippen LogP) is 1.35. The number of unbranched alkanes of at least 4 members (excludes halogenated alkanes) is 2. The minimum atomic E-state index is -0.732. The van der Waals surface area contributed by atoms with E-state index in [-0.39, 0.29) is 23.6 Å². The lowest BCUT2D eigenvalue weighted by Gasteiger charge is -2.11. The lowest BCUT2D eigenvalue weighted by Crippen LogP contribution is -2.18. The lowest BCUT2D eigenvalue weighted by molar-refractivity contribution is 0.0591. The second kappa shape index (κ2) is 7.37. The Bertz CT molecular complexity index is 635. The largest absolute Gasteiger partial charge is 0.464 e. The fraction of sp³-hybridized carbons (Fsp3) is 0.429. The van der Waals surface area contributed by atoms with Crippen molar-refractivity contribution in [2.45, 2.75) is 19.3 Å². The van der Waals surface area contributed by atoms with Gasteiger partial charge in [-0.1, -0.05) is 6.42 Å². The van der Waals surface area contributed by atoms with Crippen molar-refractivity contribution in [3.8, 4) is 0 Å². The topological polar surface area (TPSA) is 109 Å². The zero-order valence-electron chi connectivity index (χ0n) is 12.0. The van der Waals surface area contributed by atoms with Crippen LogP contribution in [-0.4, -0.2) is 52.3 Å². The highest BCUT2D eigenvalue weighted by atomic mass is 32.2. The number of aromatic nitrogens is 2. The molecular weight excluding hydrogens is 308 g/mol. The van der Waals surface area contributed by atoms with Crippen molar-refractivity contribution in [3.05, 3.63) is 27.9 Å². The van der Waals surface area contributed by atoms with Crippen LogP contribution in [0.1, 0.15) is 50.6 Å². The molecule has 0 aliphatic heterocycles. The van der Waals surface area contributed by atoms with Crippen LogP contribution in [0.15, 0.2) is 11.0 Å². The Kier molecular flexibility index (Phi) is 5.51. The minimum absolute atomic E-state index is 0.0165. The van der Waals surface area contributed by atoms with Gasteiger partial charge in [0.2, 0.25) is 11.6 Å². The third-order valence-electron chi connectivity index (χ3n) is 3.16. The molecule has 0 saturated carbocycles. The smallest absolute Gasteiger partial charge is 0.356 e. The van der Waals surface area contributed by atoms with Crippen molar-refractivity contribution < 1.29 is 24.2 Å². The van der Waals surface area contributed by atoms with E-state index in [4.69, 9.17) is 5.11 Å². The van der Waals surface area contributed by atoms with Gasteiger partial charge in [0.15, 0.2) is 5.69 Å². The van der Waals surface area contributed by atoms with Gasteiger partial charge in [-0.05, 0) is 18.6 Å². The molecule has 0 saturated heterocycles. The second-order valence-electron chi connectivity index (χ2n) is 4.65. The van der Waals surface area contributed by atoms with Crippen LogP contribution in [0.4, 0.5) is 0 Å². The molecule has 0 unspecified atom stereocenters. The Morgan fingerprint density at radius 3 is 2.82 bits per heavy atom. The summed E-state index contributed by atoms with van der Waals surface area (Å²) >= 11 is 1.27. The molecule has 0 spiro atoms. The van der Waals surface area contributed by atoms with Crippen LogP contribution in [0.5, 0.6) is 0 Å².